The van der Waals surface area contributed by atoms with Gasteiger partial charge in [0.05, 0.1) is 18.5 Å². The molecule has 1 aliphatic heterocycles. The molecule has 0 aliphatic carbocycles. The van der Waals surface area contributed by atoms with Gasteiger partial charge in [-0.3, -0.25) is 14.4 Å². The minimum Gasteiger partial charge on any atom is -0.358 e. The van der Waals surface area contributed by atoms with Crippen LogP contribution in [-0.4, -0.2) is 42.8 Å². The van der Waals surface area contributed by atoms with E-state index >= 15 is 0 Å². The highest BCUT2D eigenvalue weighted by Gasteiger charge is 2.44. The Morgan fingerprint density at radius 2 is 2.00 bits per heavy atom. The number of aryl methyl sites for hydroxylation is 1. The predicted octanol–water partition coefficient (Wildman–Crippen LogP) is 0.767. The number of nitrogens with zero attached hydrogens (tertiary/aromatic N) is 1. The van der Waals surface area contributed by atoms with Crippen molar-refractivity contribution in [2.24, 2.45) is 5.92 Å². The second-order valence-electron chi connectivity index (χ2n) is 5.68. The molecule has 6 nitrogen and oxygen atoms in total. The van der Waals surface area contributed by atoms with E-state index in [1.807, 2.05) is 38.1 Å². The van der Waals surface area contributed by atoms with Gasteiger partial charge in [0, 0.05) is 20.0 Å². The van der Waals surface area contributed by atoms with E-state index in [9.17, 15) is 14.4 Å². The first-order valence-electron chi connectivity index (χ1n) is 7.82. The maximum absolute atomic E-state index is 12.5. The van der Waals surface area contributed by atoms with E-state index in [1.165, 1.54) is 7.05 Å². The lowest BCUT2D eigenvalue weighted by molar-refractivity contribution is -0.129. The summed E-state index contributed by atoms with van der Waals surface area (Å²) in [6, 6.07) is 7.51. The van der Waals surface area contributed by atoms with Gasteiger partial charge in [-0.1, -0.05) is 24.3 Å². The van der Waals surface area contributed by atoms with E-state index in [1.54, 1.807) is 4.90 Å². The van der Waals surface area contributed by atoms with Crippen molar-refractivity contribution in [3.05, 3.63) is 35.4 Å². The van der Waals surface area contributed by atoms with Crippen molar-refractivity contribution in [3.63, 3.8) is 0 Å². The Morgan fingerprint density at radius 1 is 1.30 bits per heavy atom. The zero-order valence-electron chi connectivity index (χ0n) is 13.8. The van der Waals surface area contributed by atoms with Gasteiger partial charge in [-0.2, -0.15) is 0 Å². The normalized spacial score (nSPS) is 20.5. The number of carbonyl (C=O) groups excluding carboxylic acids is 3. The molecule has 3 amide bonds. The van der Waals surface area contributed by atoms with Crippen LogP contribution in [0.25, 0.3) is 0 Å². The topological polar surface area (TPSA) is 78.5 Å². The van der Waals surface area contributed by atoms with Crippen LogP contribution >= 0.6 is 0 Å². The number of likely N-dealkylation sites (tertiary alicyclic amines) is 1. The Kier molecular flexibility index (Phi) is 5.36. The van der Waals surface area contributed by atoms with Crippen LogP contribution < -0.4 is 10.6 Å². The van der Waals surface area contributed by atoms with Gasteiger partial charge in [-0.05, 0) is 25.0 Å². The summed E-state index contributed by atoms with van der Waals surface area (Å²) >= 11 is 0. The van der Waals surface area contributed by atoms with E-state index in [2.05, 4.69) is 10.6 Å². The molecule has 1 heterocycles. The van der Waals surface area contributed by atoms with Gasteiger partial charge in [0.1, 0.15) is 0 Å². The molecule has 0 unspecified atom stereocenters. The van der Waals surface area contributed by atoms with Crippen LogP contribution in [0.5, 0.6) is 0 Å². The van der Waals surface area contributed by atoms with Crippen molar-refractivity contribution in [1.82, 2.24) is 15.5 Å². The Balaban J connectivity index is 2.26. The number of likely N-dealkylation sites (N-methyl/N-ethyl adjacent to an activating group) is 1. The Bertz CT molecular complexity index is 615. The van der Waals surface area contributed by atoms with E-state index in [-0.39, 0.29) is 36.7 Å². The Hall–Kier alpha value is -2.37. The Morgan fingerprint density at radius 3 is 2.61 bits per heavy atom. The predicted molar refractivity (Wildman–Crippen MR) is 86.5 cm³/mol. The lowest BCUT2D eigenvalue weighted by Gasteiger charge is -2.28. The van der Waals surface area contributed by atoms with Crippen molar-refractivity contribution in [1.29, 1.82) is 0 Å². The molecule has 0 aromatic heterocycles. The number of hydrogen-bond donors (Lipinski definition) is 2. The van der Waals surface area contributed by atoms with Gasteiger partial charge in [0.25, 0.3) is 0 Å². The lowest BCUT2D eigenvalue weighted by atomic mass is 9.90. The molecule has 1 aliphatic rings. The number of amides is 3. The summed E-state index contributed by atoms with van der Waals surface area (Å²) in [6.45, 7) is 4.36. The van der Waals surface area contributed by atoms with Crippen molar-refractivity contribution in [2.45, 2.75) is 26.3 Å². The number of nitrogens with one attached hydrogen (secondary N) is 2. The molecule has 1 aromatic carbocycles. The minimum atomic E-state index is -0.479. The first-order valence-corrected chi connectivity index (χ1v) is 7.82. The largest absolute Gasteiger partial charge is 0.358 e. The van der Waals surface area contributed by atoms with Gasteiger partial charge in [0.2, 0.25) is 17.7 Å². The number of carbonyl (C=O) groups is 3. The van der Waals surface area contributed by atoms with Crippen molar-refractivity contribution in [2.75, 3.05) is 20.1 Å². The third-order valence-electron chi connectivity index (χ3n) is 4.32. The molecule has 1 saturated heterocycles. The highest BCUT2D eigenvalue weighted by atomic mass is 16.2. The quantitative estimate of drug-likeness (QED) is 0.842. The molecule has 1 aromatic rings. The van der Waals surface area contributed by atoms with Crippen LogP contribution in [0.3, 0.4) is 0 Å². The monoisotopic (exact) mass is 317 g/mol. The molecule has 0 saturated carbocycles. The molecule has 6 heteroatoms. The smallest absolute Gasteiger partial charge is 0.239 e. The van der Waals surface area contributed by atoms with Crippen LogP contribution in [0.15, 0.2) is 24.3 Å². The molecular weight excluding hydrogens is 294 g/mol. The third-order valence-corrected chi connectivity index (χ3v) is 4.32. The molecule has 2 rings (SSSR count). The highest BCUT2D eigenvalue weighted by Crippen LogP contribution is 2.39. The van der Waals surface area contributed by atoms with E-state index in [0.29, 0.717) is 6.54 Å². The Labute approximate surface area is 136 Å². The minimum absolute atomic E-state index is 0.0270. The van der Waals surface area contributed by atoms with Crippen LogP contribution in [-0.2, 0) is 14.4 Å². The fraction of sp³-hybridized carbons (Fsp3) is 0.471. The molecule has 23 heavy (non-hydrogen) atoms. The summed E-state index contributed by atoms with van der Waals surface area (Å²) in [5.74, 6) is -1.03. The van der Waals surface area contributed by atoms with Gasteiger partial charge in [-0.15, -0.1) is 0 Å². The third kappa shape index (κ3) is 3.52. The maximum Gasteiger partial charge on any atom is 0.239 e. The molecule has 124 valence electrons. The fourth-order valence-electron chi connectivity index (χ4n) is 3.09. The van der Waals surface area contributed by atoms with E-state index in [4.69, 9.17) is 0 Å². The summed E-state index contributed by atoms with van der Waals surface area (Å²) in [5.41, 5.74) is 2.04. The van der Waals surface area contributed by atoms with E-state index < -0.39 is 5.92 Å². The molecule has 0 bridgehead atoms. The maximum atomic E-state index is 12.5. The molecule has 1 fully saturated rings. The summed E-state index contributed by atoms with van der Waals surface area (Å²) in [5, 5.41) is 5.09. The van der Waals surface area contributed by atoms with Crippen LogP contribution in [0.2, 0.25) is 0 Å². The van der Waals surface area contributed by atoms with Crippen LogP contribution in [0, 0.1) is 12.8 Å². The number of hydrogen-bond acceptors (Lipinski definition) is 3. The molecule has 2 atom stereocenters. The number of rotatable bonds is 5. The SMILES string of the molecule is CCN1C(=O)C[C@@H](C(=O)NCC(=O)NC)[C@@H]1c1ccccc1C. The molecule has 0 spiro atoms. The van der Waals surface area contributed by atoms with Gasteiger partial charge < -0.3 is 15.5 Å². The first-order chi connectivity index (χ1) is 11.0. The van der Waals surface area contributed by atoms with E-state index in [0.717, 1.165) is 11.1 Å². The average molecular weight is 317 g/mol. The summed E-state index contributed by atoms with van der Waals surface area (Å²) in [6.07, 6.45) is 0.173. The van der Waals surface area contributed by atoms with Gasteiger partial charge in [0.15, 0.2) is 0 Å². The second kappa shape index (κ2) is 7.26. The zero-order chi connectivity index (χ0) is 17.0. The summed E-state index contributed by atoms with van der Waals surface area (Å²) < 4.78 is 0. The molecule has 0 radical (unpaired) electrons. The van der Waals surface area contributed by atoms with Gasteiger partial charge in [-0.25, -0.2) is 0 Å². The zero-order valence-corrected chi connectivity index (χ0v) is 13.8. The van der Waals surface area contributed by atoms with Crippen LogP contribution in [0.4, 0.5) is 0 Å². The van der Waals surface area contributed by atoms with Crippen molar-refractivity contribution in [3.8, 4) is 0 Å². The molecular formula is C17H23N3O3. The average Bonchev–Trinajstić information content (AvgIpc) is 2.89. The first kappa shape index (κ1) is 17.0. The molecule has 2 N–H and O–H groups in total. The van der Waals surface area contributed by atoms with Crippen molar-refractivity contribution < 1.29 is 14.4 Å². The fourth-order valence-corrected chi connectivity index (χ4v) is 3.09. The highest BCUT2D eigenvalue weighted by molar-refractivity contribution is 5.92. The van der Waals surface area contributed by atoms with Gasteiger partial charge >= 0.3 is 0 Å². The lowest BCUT2D eigenvalue weighted by Crippen LogP contribution is -2.40. The summed E-state index contributed by atoms with van der Waals surface area (Å²) in [4.78, 5) is 37.8. The second-order valence-corrected chi connectivity index (χ2v) is 5.68. The number of benzene rings is 1. The van der Waals surface area contributed by atoms with Crippen LogP contribution in [0.1, 0.15) is 30.5 Å². The van der Waals surface area contributed by atoms with Crippen molar-refractivity contribution >= 4 is 17.7 Å². The summed E-state index contributed by atoms with van der Waals surface area (Å²) in [7, 11) is 1.52. The standard InChI is InChI=1S/C17H23N3O3/c1-4-20-15(22)9-13(17(23)19-10-14(21)18-3)16(20)12-8-6-5-7-11(12)2/h5-8,13,16H,4,9-10H2,1-3H3,(H,18,21)(H,19,23)/t13-,16+/m1/s1.